The SMILES string of the molecule is COc1cccc2cc(C(=O)NCC3(c4cccc(F)c4)CCOCC3)c(C)nc12. The normalized spacial score (nSPS) is 15.7. The largest absolute Gasteiger partial charge is 0.494 e. The highest BCUT2D eigenvalue weighted by Gasteiger charge is 2.35. The summed E-state index contributed by atoms with van der Waals surface area (Å²) in [7, 11) is 1.60. The Hall–Kier alpha value is -2.99. The van der Waals surface area contributed by atoms with Crippen LogP contribution in [0.3, 0.4) is 0 Å². The molecule has 156 valence electrons. The molecule has 0 aliphatic carbocycles. The smallest absolute Gasteiger partial charge is 0.253 e. The maximum Gasteiger partial charge on any atom is 0.253 e. The number of ether oxygens (including phenoxy) is 2. The molecule has 4 rings (SSSR count). The van der Waals surface area contributed by atoms with Gasteiger partial charge in [-0.3, -0.25) is 4.79 Å². The van der Waals surface area contributed by atoms with Gasteiger partial charge >= 0.3 is 0 Å². The Morgan fingerprint density at radius 2 is 1.97 bits per heavy atom. The van der Waals surface area contributed by atoms with Crippen LogP contribution in [0.5, 0.6) is 5.75 Å². The maximum atomic E-state index is 13.9. The molecule has 0 spiro atoms. The van der Waals surface area contributed by atoms with Gasteiger partial charge in [0.15, 0.2) is 0 Å². The van der Waals surface area contributed by atoms with Crippen molar-refractivity contribution in [2.75, 3.05) is 26.9 Å². The van der Waals surface area contributed by atoms with E-state index >= 15 is 0 Å². The molecule has 2 aromatic carbocycles. The fourth-order valence-corrected chi connectivity index (χ4v) is 4.15. The van der Waals surface area contributed by atoms with Crippen molar-refractivity contribution in [3.05, 3.63) is 71.2 Å². The molecule has 5 nitrogen and oxygen atoms in total. The molecule has 1 aliphatic rings. The van der Waals surface area contributed by atoms with Crippen molar-refractivity contribution in [3.63, 3.8) is 0 Å². The maximum absolute atomic E-state index is 13.9. The van der Waals surface area contributed by atoms with Crippen molar-refractivity contribution >= 4 is 16.8 Å². The molecule has 3 aromatic rings. The second-order valence-corrected chi connectivity index (χ2v) is 7.74. The third-order valence-corrected chi connectivity index (χ3v) is 5.94. The van der Waals surface area contributed by atoms with Crippen molar-refractivity contribution in [2.24, 2.45) is 0 Å². The predicted octanol–water partition coefficient (Wildman–Crippen LogP) is 4.17. The van der Waals surface area contributed by atoms with E-state index in [1.54, 1.807) is 19.2 Å². The van der Waals surface area contributed by atoms with Crippen molar-refractivity contribution in [1.29, 1.82) is 0 Å². The van der Waals surface area contributed by atoms with Crippen LogP contribution >= 0.6 is 0 Å². The minimum Gasteiger partial charge on any atom is -0.494 e. The van der Waals surface area contributed by atoms with Crippen LogP contribution in [0.1, 0.15) is 34.5 Å². The van der Waals surface area contributed by atoms with Crippen molar-refractivity contribution in [3.8, 4) is 5.75 Å². The first kappa shape index (κ1) is 20.3. The Morgan fingerprint density at radius 3 is 2.70 bits per heavy atom. The van der Waals surface area contributed by atoms with E-state index in [-0.39, 0.29) is 17.1 Å². The summed E-state index contributed by atoms with van der Waals surface area (Å²) in [5.74, 6) is 0.218. The van der Waals surface area contributed by atoms with Crippen molar-refractivity contribution < 1.29 is 18.7 Å². The summed E-state index contributed by atoms with van der Waals surface area (Å²) < 4.78 is 24.8. The lowest BCUT2D eigenvalue weighted by Crippen LogP contribution is -2.44. The summed E-state index contributed by atoms with van der Waals surface area (Å²) in [5.41, 5.74) is 2.43. The number of hydrogen-bond donors (Lipinski definition) is 1. The molecule has 1 aromatic heterocycles. The number of halogens is 1. The monoisotopic (exact) mass is 408 g/mol. The molecule has 0 saturated carbocycles. The van der Waals surface area contributed by atoms with Crippen LogP contribution < -0.4 is 10.1 Å². The molecule has 1 amide bonds. The molecular formula is C24H25FN2O3. The first-order valence-electron chi connectivity index (χ1n) is 10.1. The number of benzene rings is 2. The van der Waals surface area contributed by atoms with Gasteiger partial charge in [-0.1, -0.05) is 24.3 Å². The third-order valence-electron chi connectivity index (χ3n) is 5.94. The zero-order valence-corrected chi connectivity index (χ0v) is 17.2. The lowest BCUT2D eigenvalue weighted by atomic mass is 9.74. The predicted molar refractivity (Wildman–Crippen MR) is 113 cm³/mol. The molecule has 30 heavy (non-hydrogen) atoms. The minimum atomic E-state index is -0.350. The first-order chi connectivity index (χ1) is 14.5. The van der Waals surface area contributed by atoms with Crippen LogP contribution in [0.4, 0.5) is 4.39 Å². The van der Waals surface area contributed by atoms with E-state index in [4.69, 9.17) is 9.47 Å². The molecule has 1 fully saturated rings. The van der Waals surface area contributed by atoms with Gasteiger partial charge in [-0.05, 0) is 49.6 Å². The summed E-state index contributed by atoms with van der Waals surface area (Å²) >= 11 is 0. The minimum absolute atomic E-state index is 0.188. The molecule has 1 saturated heterocycles. The van der Waals surface area contributed by atoms with Gasteiger partial charge in [0, 0.05) is 30.6 Å². The number of para-hydroxylation sites is 1. The van der Waals surface area contributed by atoms with Gasteiger partial charge in [-0.2, -0.15) is 0 Å². The number of nitrogens with one attached hydrogen (secondary N) is 1. The van der Waals surface area contributed by atoms with E-state index in [9.17, 15) is 9.18 Å². The van der Waals surface area contributed by atoms with Crippen molar-refractivity contribution in [2.45, 2.75) is 25.2 Å². The number of carbonyl (C=O) groups excluding carboxylic acids is 1. The topological polar surface area (TPSA) is 60.5 Å². The van der Waals surface area contributed by atoms with E-state index < -0.39 is 0 Å². The number of hydrogen-bond acceptors (Lipinski definition) is 4. The second kappa shape index (κ2) is 8.40. The summed E-state index contributed by atoms with van der Waals surface area (Å²) in [6.45, 7) is 3.40. The van der Waals surface area contributed by atoms with Crippen LogP contribution in [-0.4, -0.2) is 37.8 Å². The van der Waals surface area contributed by atoms with Crippen LogP contribution in [-0.2, 0) is 10.2 Å². The molecule has 0 atom stereocenters. The fraction of sp³-hybridized carbons (Fsp3) is 0.333. The Morgan fingerprint density at radius 1 is 1.20 bits per heavy atom. The number of amides is 1. The van der Waals surface area contributed by atoms with Gasteiger partial charge in [-0.15, -0.1) is 0 Å². The number of rotatable bonds is 5. The highest BCUT2D eigenvalue weighted by atomic mass is 19.1. The Labute approximate surface area is 175 Å². The Kier molecular flexibility index (Phi) is 5.68. The van der Waals surface area contributed by atoms with Gasteiger partial charge in [0.1, 0.15) is 17.1 Å². The van der Waals surface area contributed by atoms with E-state index in [1.165, 1.54) is 6.07 Å². The number of methoxy groups -OCH3 is 1. The number of carbonyl (C=O) groups is 1. The summed E-state index contributed by atoms with van der Waals surface area (Å²) in [5, 5.41) is 3.92. The van der Waals surface area contributed by atoms with E-state index in [2.05, 4.69) is 10.3 Å². The van der Waals surface area contributed by atoms with E-state index in [0.717, 1.165) is 29.3 Å². The molecule has 1 N–H and O–H groups in total. The highest BCUT2D eigenvalue weighted by Crippen LogP contribution is 2.35. The zero-order valence-electron chi connectivity index (χ0n) is 17.2. The molecule has 2 heterocycles. The number of nitrogens with zero attached hydrogens (tertiary/aromatic N) is 1. The molecule has 1 aliphatic heterocycles. The summed E-state index contributed by atoms with van der Waals surface area (Å²) in [6, 6.07) is 14.1. The fourth-order valence-electron chi connectivity index (χ4n) is 4.15. The van der Waals surface area contributed by atoms with Gasteiger partial charge < -0.3 is 14.8 Å². The van der Waals surface area contributed by atoms with Crippen LogP contribution in [0.25, 0.3) is 10.9 Å². The van der Waals surface area contributed by atoms with Crippen LogP contribution in [0.15, 0.2) is 48.5 Å². The number of pyridine rings is 1. The molecule has 0 radical (unpaired) electrons. The highest BCUT2D eigenvalue weighted by molar-refractivity contribution is 5.99. The van der Waals surface area contributed by atoms with Crippen molar-refractivity contribution in [1.82, 2.24) is 10.3 Å². The standard InChI is InChI=1S/C24H25FN2O3/c1-16-20(13-17-5-3-8-21(29-2)22(17)27-16)23(28)26-15-24(9-11-30-12-10-24)18-6-4-7-19(25)14-18/h3-8,13-14H,9-12,15H2,1-2H3,(H,26,28). The molecule has 0 bridgehead atoms. The van der Waals surface area contributed by atoms with Gasteiger partial charge in [0.2, 0.25) is 0 Å². The Balaban J connectivity index is 1.60. The number of fused-ring (bicyclic) bond motifs is 1. The summed E-state index contributed by atoms with van der Waals surface area (Å²) in [4.78, 5) is 17.7. The zero-order chi connectivity index (χ0) is 21.1. The second-order valence-electron chi connectivity index (χ2n) is 7.74. The third kappa shape index (κ3) is 3.87. The first-order valence-corrected chi connectivity index (χ1v) is 10.1. The lowest BCUT2D eigenvalue weighted by Gasteiger charge is -2.38. The average Bonchev–Trinajstić information content (AvgIpc) is 2.77. The average molecular weight is 408 g/mol. The van der Waals surface area contributed by atoms with E-state index in [1.807, 2.05) is 37.3 Å². The van der Waals surface area contributed by atoms with Gasteiger partial charge in [0.25, 0.3) is 5.91 Å². The Bertz CT molecular complexity index is 1080. The quantitative estimate of drug-likeness (QED) is 0.688. The van der Waals surface area contributed by atoms with Gasteiger partial charge in [0.05, 0.1) is 18.4 Å². The molecule has 0 unspecified atom stereocenters. The van der Waals surface area contributed by atoms with Crippen LogP contribution in [0, 0.1) is 12.7 Å². The lowest BCUT2D eigenvalue weighted by molar-refractivity contribution is 0.0486. The molecular weight excluding hydrogens is 383 g/mol. The van der Waals surface area contributed by atoms with Crippen LogP contribution in [0.2, 0.25) is 0 Å². The summed E-state index contributed by atoms with van der Waals surface area (Å²) in [6.07, 6.45) is 1.45. The van der Waals surface area contributed by atoms with Gasteiger partial charge in [-0.25, -0.2) is 9.37 Å². The number of aromatic nitrogens is 1. The number of aryl methyl sites for hydroxylation is 1. The molecule has 6 heteroatoms. The van der Waals surface area contributed by atoms with E-state index in [0.29, 0.717) is 36.8 Å².